The van der Waals surface area contributed by atoms with Gasteiger partial charge in [0.1, 0.15) is 0 Å². The van der Waals surface area contributed by atoms with E-state index in [-0.39, 0.29) is 11.8 Å². The molecule has 0 aromatic heterocycles. The van der Waals surface area contributed by atoms with E-state index in [1.807, 2.05) is 13.0 Å². The molecule has 2 aliphatic carbocycles. The van der Waals surface area contributed by atoms with Crippen LogP contribution in [0.1, 0.15) is 32.6 Å². The van der Waals surface area contributed by atoms with Crippen LogP contribution in [0.25, 0.3) is 0 Å². The molecule has 23 heavy (non-hydrogen) atoms. The third-order valence-electron chi connectivity index (χ3n) is 6.07. The second-order valence-electron chi connectivity index (χ2n) is 7.47. The average Bonchev–Trinajstić information content (AvgIpc) is 2.89. The van der Waals surface area contributed by atoms with Gasteiger partial charge in [0.25, 0.3) is 0 Å². The summed E-state index contributed by atoms with van der Waals surface area (Å²) in [5.41, 5.74) is 0.298. The van der Waals surface area contributed by atoms with Gasteiger partial charge in [0.2, 0.25) is 0 Å². The lowest BCUT2D eigenvalue weighted by Gasteiger charge is -2.64. The lowest BCUT2D eigenvalue weighted by atomic mass is 9.46. The highest BCUT2D eigenvalue weighted by atomic mass is 32.2. The molecule has 1 aromatic carbocycles. The van der Waals surface area contributed by atoms with Gasteiger partial charge in [-0.05, 0) is 38.3 Å². The van der Waals surface area contributed by atoms with Crippen molar-refractivity contribution >= 4 is 9.84 Å². The van der Waals surface area contributed by atoms with Crippen molar-refractivity contribution in [2.24, 2.45) is 11.3 Å². The van der Waals surface area contributed by atoms with E-state index in [4.69, 9.17) is 4.74 Å². The minimum absolute atomic E-state index is 0.0377. The Morgan fingerprint density at radius 3 is 2.70 bits per heavy atom. The van der Waals surface area contributed by atoms with E-state index >= 15 is 0 Å². The van der Waals surface area contributed by atoms with Gasteiger partial charge in [0.15, 0.2) is 9.84 Å². The first-order chi connectivity index (χ1) is 11.0. The van der Waals surface area contributed by atoms with E-state index in [1.165, 1.54) is 19.3 Å². The lowest BCUT2D eigenvalue weighted by molar-refractivity contribution is -0.177. The molecule has 0 amide bonds. The highest BCUT2D eigenvalue weighted by molar-refractivity contribution is 7.91. The van der Waals surface area contributed by atoms with Crippen LogP contribution in [0.5, 0.6) is 0 Å². The molecular weight excluding hydrogens is 310 g/mol. The molecule has 4 atom stereocenters. The Hall–Kier alpha value is -0.910. The fraction of sp³-hybridized carbons (Fsp3) is 0.667. The quantitative estimate of drug-likeness (QED) is 0.898. The molecule has 1 spiro atoms. The molecule has 1 saturated heterocycles. The first kappa shape index (κ1) is 15.6. The molecule has 0 radical (unpaired) electrons. The number of fused-ring (bicyclic) bond motifs is 2. The first-order valence-corrected chi connectivity index (χ1v) is 10.3. The second-order valence-corrected chi connectivity index (χ2v) is 9.50. The number of sulfone groups is 1. The summed E-state index contributed by atoms with van der Waals surface area (Å²) in [5, 5.41) is 3.65. The zero-order valence-electron chi connectivity index (χ0n) is 13.6. The summed E-state index contributed by atoms with van der Waals surface area (Å²) < 4.78 is 31.0. The molecule has 2 saturated carbocycles. The van der Waals surface area contributed by atoms with Crippen molar-refractivity contribution in [3.8, 4) is 0 Å². The Kier molecular flexibility index (Phi) is 3.78. The monoisotopic (exact) mass is 335 g/mol. The Bertz CT molecular complexity index is 669. The van der Waals surface area contributed by atoms with Crippen LogP contribution in [-0.4, -0.2) is 39.0 Å². The third-order valence-corrected chi connectivity index (χ3v) is 8.00. The zero-order valence-corrected chi connectivity index (χ0v) is 14.4. The predicted molar refractivity (Wildman–Crippen MR) is 89.0 cm³/mol. The molecule has 3 fully saturated rings. The standard InChI is InChI=1S/C18H25NO3S/c1-13(12-23(20,21)14-6-3-2-4-7-14)19-16-15-8-11-22-17(15)18(16)9-5-10-18/h2-4,6-7,13,15-17,19H,5,8-12H2,1H3/t13-,15+,16-,17-/m1/s1. The van der Waals surface area contributed by atoms with Crippen LogP contribution in [0.4, 0.5) is 0 Å². The topological polar surface area (TPSA) is 55.4 Å². The number of ether oxygens (including phenoxy) is 1. The van der Waals surface area contributed by atoms with Gasteiger partial charge >= 0.3 is 0 Å². The van der Waals surface area contributed by atoms with Crippen LogP contribution in [0.3, 0.4) is 0 Å². The molecule has 126 valence electrons. The van der Waals surface area contributed by atoms with Gasteiger partial charge in [0, 0.05) is 30.0 Å². The summed E-state index contributed by atoms with van der Waals surface area (Å²) >= 11 is 0. The molecule has 1 heterocycles. The molecule has 3 aliphatic rings. The molecule has 1 aliphatic heterocycles. The van der Waals surface area contributed by atoms with Crippen molar-refractivity contribution < 1.29 is 13.2 Å². The SMILES string of the molecule is C[C@H](CS(=O)(=O)c1ccccc1)N[C@@H]1[C@@H]2CCO[C@H]2C12CCC2. The summed E-state index contributed by atoms with van der Waals surface area (Å²) in [6.45, 7) is 2.86. The fourth-order valence-corrected chi connectivity index (χ4v) is 6.42. The summed E-state index contributed by atoms with van der Waals surface area (Å²) in [7, 11) is -3.23. The van der Waals surface area contributed by atoms with E-state index in [2.05, 4.69) is 5.32 Å². The maximum Gasteiger partial charge on any atom is 0.179 e. The second kappa shape index (κ2) is 5.57. The molecule has 0 unspecified atom stereocenters. The summed E-state index contributed by atoms with van der Waals surface area (Å²) in [4.78, 5) is 0.419. The van der Waals surface area contributed by atoms with Gasteiger partial charge in [-0.2, -0.15) is 0 Å². The number of nitrogens with one attached hydrogen (secondary N) is 1. The average molecular weight is 335 g/mol. The molecular formula is C18H25NO3S. The molecule has 4 rings (SSSR count). The van der Waals surface area contributed by atoms with E-state index < -0.39 is 9.84 Å². The van der Waals surface area contributed by atoms with Crippen molar-refractivity contribution in [3.05, 3.63) is 30.3 Å². The van der Waals surface area contributed by atoms with Gasteiger partial charge in [0.05, 0.1) is 16.8 Å². The van der Waals surface area contributed by atoms with E-state index in [0.29, 0.717) is 28.4 Å². The summed E-state index contributed by atoms with van der Waals surface area (Å²) in [6, 6.07) is 9.16. The number of benzene rings is 1. The zero-order chi connectivity index (χ0) is 16.1. The molecule has 1 aromatic rings. The summed E-state index contributed by atoms with van der Waals surface area (Å²) in [5.74, 6) is 0.735. The van der Waals surface area contributed by atoms with Gasteiger partial charge in [-0.15, -0.1) is 0 Å². The number of rotatable bonds is 5. The lowest BCUT2D eigenvalue weighted by Crippen LogP contribution is -2.72. The number of hydrogen-bond acceptors (Lipinski definition) is 4. The largest absolute Gasteiger partial charge is 0.377 e. The van der Waals surface area contributed by atoms with Crippen molar-refractivity contribution in [3.63, 3.8) is 0 Å². The Morgan fingerprint density at radius 1 is 1.30 bits per heavy atom. The van der Waals surface area contributed by atoms with E-state index in [0.717, 1.165) is 13.0 Å². The minimum atomic E-state index is -3.23. The van der Waals surface area contributed by atoms with Crippen LogP contribution in [0, 0.1) is 11.3 Å². The van der Waals surface area contributed by atoms with Crippen LogP contribution >= 0.6 is 0 Å². The van der Waals surface area contributed by atoms with Crippen molar-refractivity contribution in [2.45, 2.75) is 55.7 Å². The highest BCUT2D eigenvalue weighted by Gasteiger charge is 2.66. The van der Waals surface area contributed by atoms with Gasteiger partial charge in [-0.3, -0.25) is 0 Å². The van der Waals surface area contributed by atoms with E-state index in [1.54, 1.807) is 24.3 Å². The molecule has 1 N–H and O–H groups in total. The van der Waals surface area contributed by atoms with Gasteiger partial charge in [-0.25, -0.2) is 8.42 Å². The maximum atomic E-state index is 12.5. The van der Waals surface area contributed by atoms with Gasteiger partial charge < -0.3 is 10.1 Å². The predicted octanol–water partition coefficient (Wildman–Crippen LogP) is 2.40. The van der Waals surface area contributed by atoms with Crippen LogP contribution in [-0.2, 0) is 14.6 Å². The first-order valence-electron chi connectivity index (χ1n) is 8.68. The smallest absolute Gasteiger partial charge is 0.179 e. The molecule has 0 bridgehead atoms. The molecule has 4 nitrogen and oxygen atoms in total. The highest BCUT2D eigenvalue weighted by Crippen LogP contribution is 2.62. The number of hydrogen-bond donors (Lipinski definition) is 1. The molecule has 5 heteroatoms. The van der Waals surface area contributed by atoms with Crippen molar-refractivity contribution in [2.75, 3.05) is 12.4 Å². The normalized spacial score (nSPS) is 32.8. The maximum absolute atomic E-state index is 12.5. The Morgan fingerprint density at radius 2 is 2.04 bits per heavy atom. The van der Waals surface area contributed by atoms with Crippen LogP contribution < -0.4 is 5.32 Å². The fourth-order valence-electron chi connectivity index (χ4n) is 4.90. The Labute approximate surface area is 138 Å². The third kappa shape index (κ3) is 2.44. The van der Waals surface area contributed by atoms with Crippen LogP contribution in [0.15, 0.2) is 35.2 Å². The van der Waals surface area contributed by atoms with Crippen molar-refractivity contribution in [1.82, 2.24) is 5.32 Å². The Balaban J connectivity index is 1.43. The van der Waals surface area contributed by atoms with Gasteiger partial charge in [-0.1, -0.05) is 24.6 Å². The van der Waals surface area contributed by atoms with Crippen LogP contribution in [0.2, 0.25) is 0 Å². The summed E-state index contributed by atoms with van der Waals surface area (Å²) in [6.07, 6.45) is 5.27. The minimum Gasteiger partial charge on any atom is -0.377 e. The van der Waals surface area contributed by atoms with E-state index in [9.17, 15) is 8.42 Å². The van der Waals surface area contributed by atoms with Crippen molar-refractivity contribution in [1.29, 1.82) is 0 Å².